The van der Waals surface area contributed by atoms with Gasteiger partial charge in [0.15, 0.2) is 0 Å². The van der Waals surface area contributed by atoms with Crippen molar-refractivity contribution in [2.45, 2.75) is 0 Å². The SMILES string of the molecule is c1cc(N2C[C@H]3CNC[C@H]3C2)ccn1. The Balaban J connectivity index is 1.77. The van der Waals surface area contributed by atoms with Crippen LogP contribution in [0.3, 0.4) is 0 Å². The van der Waals surface area contributed by atoms with Crippen LogP contribution in [0.2, 0.25) is 0 Å². The van der Waals surface area contributed by atoms with Crippen LogP contribution in [0, 0.1) is 11.8 Å². The summed E-state index contributed by atoms with van der Waals surface area (Å²) in [6.45, 7) is 4.82. The van der Waals surface area contributed by atoms with E-state index < -0.39 is 0 Å². The molecule has 0 saturated carbocycles. The zero-order valence-corrected chi connectivity index (χ0v) is 8.19. The van der Waals surface area contributed by atoms with Crippen LogP contribution in [0.1, 0.15) is 0 Å². The smallest absolute Gasteiger partial charge is 0.0397 e. The number of rotatable bonds is 1. The minimum Gasteiger partial charge on any atom is -0.371 e. The van der Waals surface area contributed by atoms with E-state index in [1.807, 2.05) is 12.4 Å². The van der Waals surface area contributed by atoms with E-state index in [1.54, 1.807) is 0 Å². The van der Waals surface area contributed by atoms with Crippen molar-refractivity contribution in [2.75, 3.05) is 31.1 Å². The first-order chi connectivity index (χ1) is 6.93. The number of nitrogens with one attached hydrogen (secondary N) is 1. The van der Waals surface area contributed by atoms with E-state index >= 15 is 0 Å². The molecule has 74 valence electrons. The molecule has 2 saturated heterocycles. The zero-order chi connectivity index (χ0) is 9.38. The van der Waals surface area contributed by atoms with Gasteiger partial charge in [-0.3, -0.25) is 4.98 Å². The largest absolute Gasteiger partial charge is 0.371 e. The molecule has 1 aromatic rings. The van der Waals surface area contributed by atoms with Crippen LogP contribution < -0.4 is 10.2 Å². The molecule has 0 amide bonds. The number of anilines is 1. The van der Waals surface area contributed by atoms with Gasteiger partial charge in [-0.2, -0.15) is 0 Å². The number of pyridine rings is 1. The van der Waals surface area contributed by atoms with E-state index in [2.05, 4.69) is 27.3 Å². The second-order valence-electron chi connectivity index (χ2n) is 4.29. The Labute approximate surface area is 84.1 Å². The van der Waals surface area contributed by atoms with Crippen molar-refractivity contribution in [2.24, 2.45) is 11.8 Å². The van der Waals surface area contributed by atoms with Crippen molar-refractivity contribution in [3.05, 3.63) is 24.5 Å². The molecule has 2 aliphatic rings. The molecule has 14 heavy (non-hydrogen) atoms. The fourth-order valence-corrected chi connectivity index (χ4v) is 2.62. The molecular weight excluding hydrogens is 174 g/mol. The maximum absolute atomic E-state index is 4.05. The first-order valence-electron chi connectivity index (χ1n) is 5.29. The van der Waals surface area contributed by atoms with Crippen molar-refractivity contribution >= 4 is 5.69 Å². The van der Waals surface area contributed by atoms with Crippen LogP contribution in [0.25, 0.3) is 0 Å². The lowest BCUT2D eigenvalue weighted by Crippen LogP contribution is -2.25. The molecule has 0 bridgehead atoms. The lowest BCUT2D eigenvalue weighted by Gasteiger charge is -2.19. The zero-order valence-electron chi connectivity index (χ0n) is 8.19. The lowest BCUT2D eigenvalue weighted by atomic mass is 10.0. The molecule has 0 radical (unpaired) electrons. The van der Waals surface area contributed by atoms with Crippen molar-refractivity contribution in [1.29, 1.82) is 0 Å². The van der Waals surface area contributed by atoms with Crippen LogP contribution in [0.5, 0.6) is 0 Å². The molecule has 2 fully saturated rings. The Kier molecular flexibility index (Phi) is 1.91. The third-order valence-corrected chi connectivity index (χ3v) is 3.42. The summed E-state index contributed by atoms with van der Waals surface area (Å²) >= 11 is 0. The van der Waals surface area contributed by atoms with Crippen LogP contribution in [-0.4, -0.2) is 31.2 Å². The summed E-state index contributed by atoms with van der Waals surface area (Å²) in [5.74, 6) is 1.73. The molecule has 0 spiro atoms. The Morgan fingerprint density at radius 3 is 2.43 bits per heavy atom. The van der Waals surface area contributed by atoms with Crippen LogP contribution in [0.15, 0.2) is 24.5 Å². The van der Waals surface area contributed by atoms with E-state index in [0.717, 1.165) is 11.8 Å². The number of aromatic nitrogens is 1. The van der Waals surface area contributed by atoms with E-state index in [9.17, 15) is 0 Å². The van der Waals surface area contributed by atoms with Gasteiger partial charge in [-0.25, -0.2) is 0 Å². The first-order valence-corrected chi connectivity index (χ1v) is 5.29. The fourth-order valence-electron chi connectivity index (χ4n) is 2.62. The van der Waals surface area contributed by atoms with Gasteiger partial charge in [-0.05, 0) is 24.0 Å². The summed E-state index contributed by atoms with van der Waals surface area (Å²) in [5, 5.41) is 3.46. The molecule has 2 atom stereocenters. The number of hydrogen-bond donors (Lipinski definition) is 1. The predicted molar refractivity (Wildman–Crippen MR) is 56.3 cm³/mol. The molecule has 3 rings (SSSR count). The van der Waals surface area contributed by atoms with Gasteiger partial charge >= 0.3 is 0 Å². The normalized spacial score (nSPS) is 30.7. The molecule has 1 aromatic heterocycles. The molecule has 3 heteroatoms. The molecule has 0 unspecified atom stereocenters. The Morgan fingerprint density at radius 2 is 1.79 bits per heavy atom. The minimum atomic E-state index is 0.864. The Morgan fingerprint density at radius 1 is 1.14 bits per heavy atom. The van der Waals surface area contributed by atoms with E-state index in [1.165, 1.54) is 31.9 Å². The monoisotopic (exact) mass is 189 g/mol. The number of fused-ring (bicyclic) bond motifs is 1. The van der Waals surface area contributed by atoms with Gasteiger partial charge in [0.1, 0.15) is 0 Å². The lowest BCUT2D eigenvalue weighted by molar-refractivity contribution is 0.533. The summed E-state index contributed by atoms with van der Waals surface area (Å²) in [7, 11) is 0. The third kappa shape index (κ3) is 1.28. The third-order valence-electron chi connectivity index (χ3n) is 3.42. The topological polar surface area (TPSA) is 28.2 Å². The van der Waals surface area contributed by atoms with Gasteiger partial charge in [0.2, 0.25) is 0 Å². The second-order valence-corrected chi connectivity index (χ2v) is 4.29. The molecule has 3 nitrogen and oxygen atoms in total. The fraction of sp³-hybridized carbons (Fsp3) is 0.545. The molecular formula is C11H15N3. The van der Waals surface area contributed by atoms with Gasteiger partial charge in [0, 0.05) is 44.3 Å². The first kappa shape index (κ1) is 8.24. The summed E-state index contributed by atoms with van der Waals surface area (Å²) in [4.78, 5) is 6.53. The van der Waals surface area contributed by atoms with Crippen molar-refractivity contribution in [3.63, 3.8) is 0 Å². The maximum Gasteiger partial charge on any atom is 0.0397 e. The van der Waals surface area contributed by atoms with Gasteiger partial charge in [0.25, 0.3) is 0 Å². The van der Waals surface area contributed by atoms with Crippen molar-refractivity contribution in [1.82, 2.24) is 10.3 Å². The average molecular weight is 189 g/mol. The summed E-state index contributed by atoms with van der Waals surface area (Å²) < 4.78 is 0. The highest BCUT2D eigenvalue weighted by atomic mass is 15.2. The summed E-state index contributed by atoms with van der Waals surface area (Å²) in [5.41, 5.74) is 1.33. The van der Waals surface area contributed by atoms with E-state index in [4.69, 9.17) is 0 Å². The van der Waals surface area contributed by atoms with E-state index in [0.29, 0.717) is 0 Å². The molecule has 1 N–H and O–H groups in total. The number of nitrogens with zero attached hydrogens (tertiary/aromatic N) is 2. The highest BCUT2D eigenvalue weighted by Crippen LogP contribution is 2.29. The molecule has 3 heterocycles. The number of hydrogen-bond acceptors (Lipinski definition) is 3. The average Bonchev–Trinajstić information content (AvgIpc) is 2.78. The van der Waals surface area contributed by atoms with E-state index in [-0.39, 0.29) is 0 Å². The molecule has 0 aromatic carbocycles. The van der Waals surface area contributed by atoms with Gasteiger partial charge in [-0.15, -0.1) is 0 Å². The highest BCUT2D eigenvalue weighted by molar-refractivity contribution is 5.46. The Bertz CT molecular complexity index is 300. The van der Waals surface area contributed by atoms with Crippen molar-refractivity contribution < 1.29 is 0 Å². The maximum atomic E-state index is 4.05. The second kappa shape index (κ2) is 3.24. The molecule has 0 aliphatic carbocycles. The predicted octanol–water partition coefficient (Wildman–Crippen LogP) is 0.737. The Hall–Kier alpha value is -1.09. The van der Waals surface area contributed by atoms with Crippen molar-refractivity contribution in [3.8, 4) is 0 Å². The van der Waals surface area contributed by atoms with Gasteiger partial charge in [-0.1, -0.05) is 0 Å². The van der Waals surface area contributed by atoms with Gasteiger partial charge < -0.3 is 10.2 Å². The van der Waals surface area contributed by atoms with Crippen LogP contribution in [-0.2, 0) is 0 Å². The highest BCUT2D eigenvalue weighted by Gasteiger charge is 2.35. The standard InChI is InChI=1S/C11H15N3/c1-3-12-4-2-11(1)14-7-9-5-13-6-10(9)8-14/h1-4,9-10,13H,5-8H2/t9-,10+. The van der Waals surface area contributed by atoms with Crippen LogP contribution >= 0.6 is 0 Å². The minimum absolute atomic E-state index is 0.864. The van der Waals surface area contributed by atoms with Gasteiger partial charge in [0.05, 0.1) is 0 Å². The summed E-state index contributed by atoms with van der Waals surface area (Å²) in [6.07, 6.45) is 3.75. The quantitative estimate of drug-likeness (QED) is 0.706. The summed E-state index contributed by atoms with van der Waals surface area (Å²) in [6, 6.07) is 4.21. The van der Waals surface area contributed by atoms with Crippen LogP contribution in [0.4, 0.5) is 5.69 Å². The molecule has 2 aliphatic heterocycles.